The van der Waals surface area contributed by atoms with Crippen LogP contribution in [0.3, 0.4) is 0 Å². The van der Waals surface area contributed by atoms with Gasteiger partial charge >= 0.3 is 0 Å². The topological polar surface area (TPSA) is 72.0 Å². The van der Waals surface area contributed by atoms with E-state index in [-0.39, 0.29) is 10.8 Å². The molecule has 0 aliphatic heterocycles. The summed E-state index contributed by atoms with van der Waals surface area (Å²) in [6.07, 6.45) is 2.96. The number of aromatic nitrogens is 2. The van der Waals surface area contributed by atoms with Gasteiger partial charge in [0.05, 0.1) is 4.90 Å². The highest BCUT2D eigenvalue weighted by molar-refractivity contribution is 7.93. The molecule has 0 unspecified atom stereocenters. The predicted molar refractivity (Wildman–Crippen MR) is 76.8 cm³/mol. The summed E-state index contributed by atoms with van der Waals surface area (Å²) in [5.41, 5.74) is 0. The molecule has 0 saturated heterocycles. The van der Waals surface area contributed by atoms with Crippen molar-refractivity contribution in [1.29, 1.82) is 0 Å². The number of benzene rings is 2. The molecule has 0 aliphatic rings. The van der Waals surface area contributed by atoms with Crippen molar-refractivity contribution in [1.82, 2.24) is 9.97 Å². The molecule has 1 aromatic heterocycles. The number of nitrogens with one attached hydrogen (secondary N) is 1. The minimum atomic E-state index is -3.71. The number of nitrogens with zero attached hydrogens (tertiary/aromatic N) is 2. The number of hydrogen-bond acceptors (Lipinski definition) is 4. The first-order valence-corrected chi connectivity index (χ1v) is 7.43. The summed E-state index contributed by atoms with van der Waals surface area (Å²) in [5.74, 6) is 0.0560. The normalized spacial score (nSPS) is 11.4. The molecule has 3 rings (SSSR count). The average Bonchev–Trinajstić information content (AvgIpc) is 2.47. The van der Waals surface area contributed by atoms with Crippen molar-refractivity contribution < 1.29 is 8.42 Å². The van der Waals surface area contributed by atoms with Crippen LogP contribution in [0.2, 0.25) is 0 Å². The molecule has 0 spiro atoms. The lowest BCUT2D eigenvalue weighted by atomic mass is 10.1. The van der Waals surface area contributed by atoms with Crippen molar-refractivity contribution in [3.05, 3.63) is 60.9 Å². The number of rotatable bonds is 3. The highest BCUT2D eigenvalue weighted by Gasteiger charge is 2.18. The van der Waals surface area contributed by atoms with Crippen LogP contribution >= 0.6 is 0 Å². The Balaban J connectivity index is 2.10. The van der Waals surface area contributed by atoms with Crippen LogP contribution in [-0.4, -0.2) is 18.4 Å². The molecule has 5 nitrogen and oxygen atoms in total. The zero-order valence-corrected chi connectivity index (χ0v) is 11.2. The third-order valence-corrected chi connectivity index (χ3v) is 4.22. The summed E-state index contributed by atoms with van der Waals surface area (Å²) in [4.78, 5) is 7.95. The molecule has 0 saturated carbocycles. The molecular formula is C14H11N3O2S. The zero-order valence-electron chi connectivity index (χ0n) is 10.4. The smallest absolute Gasteiger partial charge is 0.247 e. The molecule has 3 aromatic rings. The molecule has 0 aliphatic carbocycles. The Morgan fingerprint density at radius 2 is 1.55 bits per heavy atom. The van der Waals surface area contributed by atoms with Gasteiger partial charge < -0.3 is 0 Å². The lowest BCUT2D eigenvalue weighted by molar-refractivity contribution is 0.601. The van der Waals surface area contributed by atoms with Gasteiger partial charge in [0.15, 0.2) is 0 Å². The van der Waals surface area contributed by atoms with Crippen LogP contribution in [0.1, 0.15) is 0 Å². The fraction of sp³-hybridized carbons (Fsp3) is 0. The number of sulfonamides is 1. The highest BCUT2D eigenvalue weighted by atomic mass is 32.2. The Morgan fingerprint density at radius 1 is 0.850 bits per heavy atom. The first kappa shape index (κ1) is 12.6. The molecule has 0 amide bonds. The summed E-state index contributed by atoms with van der Waals surface area (Å²) in [6.45, 7) is 0. The maximum Gasteiger partial charge on any atom is 0.264 e. The number of fused-ring (bicyclic) bond motifs is 1. The number of anilines is 1. The second kappa shape index (κ2) is 4.90. The fourth-order valence-electron chi connectivity index (χ4n) is 1.96. The lowest BCUT2D eigenvalue weighted by Gasteiger charge is -2.09. The van der Waals surface area contributed by atoms with Crippen LogP contribution in [-0.2, 0) is 10.0 Å². The maximum absolute atomic E-state index is 12.4. The van der Waals surface area contributed by atoms with Crippen molar-refractivity contribution >= 4 is 26.7 Å². The molecule has 1 heterocycles. The summed E-state index contributed by atoms with van der Waals surface area (Å²) >= 11 is 0. The van der Waals surface area contributed by atoms with E-state index in [9.17, 15) is 8.42 Å². The van der Waals surface area contributed by atoms with E-state index in [0.717, 1.165) is 5.39 Å². The zero-order chi connectivity index (χ0) is 14.0. The van der Waals surface area contributed by atoms with Gasteiger partial charge in [-0.25, -0.2) is 23.1 Å². The van der Waals surface area contributed by atoms with Gasteiger partial charge in [0, 0.05) is 17.8 Å². The van der Waals surface area contributed by atoms with Crippen molar-refractivity contribution in [3.63, 3.8) is 0 Å². The molecule has 2 aromatic carbocycles. The number of hydrogen-bond donors (Lipinski definition) is 1. The second-order valence-corrected chi connectivity index (χ2v) is 5.81. The molecular weight excluding hydrogens is 274 g/mol. The van der Waals surface area contributed by atoms with Crippen molar-refractivity contribution in [2.24, 2.45) is 0 Å². The predicted octanol–water partition coefficient (Wildman–Crippen LogP) is 2.43. The molecule has 0 fully saturated rings. The second-order valence-electron chi connectivity index (χ2n) is 4.16. The first-order chi connectivity index (χ1) is 9.67. The van der Waals surface area contributed by atoms with E-state index in [0.29, 0.717) is 5.39 Å². The third-order valence-electron chi connectivity index (χ3n) is 2.83. The Hall–Kier alpha value is -2.47. The van der Waals surface area contributed by atoms with E-state index < -0.39 is 10.0 Å². The van der Waals surface area contributed by atoms with Crippen LogP contribution in [0.4, 0.5) is 5.95 Å². The molecule has 6 heteroatoms. The summed E-state index contributed by atoms with van der Waals surface area (Å²) < 4.78 is 27.2. The van der Waals surface area contributed by atoms with Gasteiger partial charge in [-0.1, -0.05) is 36.4 Å². The van der Waals surface area contributed by atoms with Crippen LogP contribution in [0, 0.1) is 0 Å². The quantitative estimate of drug-likeness (QED) is 0.802. The maximum atomic E-state index is 12.4. The van der Waals surface area contributed by atoms with Gasteiger partial charge in [-0.15, -0.1) is 0 Å². The standard InChI is InChI=1S/C14H11N3O2S/c18-20(19,17-14-15-9-4-10-16-14)13-8-3-6-11-5-1-2-7-12(11)13/h1-10H,(H,15,16,17). The Bertz CT molecular complexity index is 843. The molecule has 1 N–H and O–H groups in total. The molecule has 0 bridgehead atoms. The van der Waals surface area contributed by atoms with E-state index >= 15 is 0 Å². The van der Waals surface area contributed by atoms with E-state index in [2.05, 4.69) is 14.7 Å². The van der Waals surface area contributed by atoms with Gasteiger partial charge in [-0.3, -0.25) is 0 Å². The van der Waals surface area contributed by atoms with Crippen LogP contribution in [0.5, 0.6) is 0 Å². The van der Waals surface area contributed by atoms with E-state index in [1.165, 1.54) is 12.4 Å². The molecule has 20 heavy (non-hydrogen) atoms. The van der Waals surface area contributed by atoms with Gasteiger partial charge in [0.2, 0.25) is 5.95 Å². The van der Waals surface area contributed by atoms with Gasteiger partial charge in [0.1, 0.15) is 0 Å². The van der Waals surface area contributed by atoms with E-state index in [4.69, 9.17) is 0 Å². The van der Waals surface area contributed by atoms with Crippen LogP contribution in [0.15, 0.2) is 65.8 Å². The molecule has 0 atom stereocenters. The molecule has 100 valence electrons. The average molecular weight is 285 g/mol. The monoisotopic (exact) mass is 285 g/mol. The molecule has 0 radical (unpaired) electrons. The fourth-order valence-corrected chi connectivity index (χ4v) is 3.15. The summed E-state index contributed by atoms with van der Waals surface area (Å²) in [5, 5.41) is 1.53. The van der Waals surface area contributed by atoms with Crippen molar-refractivity contribution in [2.45, 2.75) is 4.90 Å². The SMILES string of the molecule is O=S(=O)(Nc1ncccn1)c1cccc2ccccc12. The van der Waals surface area contributed by atoms with Crippen LogP contribution in [0.25, 0.3) is 10.8 Å². The van der Waals surface area contributed by atoms with Gasteiger partial charge in [-0.05, 0) is 17.5 Å². The van der Waals surface area contributed by atoms with Crippen LogP contribution < -0.4 is 4.72 Å². The minimum Gasteiger partial charge on any atom is -0.247 e. The Morgan fingerprint density at radius 3 is 2.35 bits per heavy atom. The Labute approximate surface area is 116 Å². The van der Waals surface area contributed by atoms with Gasteiger partial charge in [0.25, 0.3) is 10.0 Å². The third kappa shape index (κ3) is 2.33. The first-order valence-electron chi connectivity index (χ1n) is 5.94. The largest absolute Gasteiger partial charge is 0.264 e. The van der Waals surface area contributed by atoms with Crippen molar-refractivity contribution in [2.75, 3.05) is 4.72 Å². The van der Waals surface area contributed by atoms with E-state index in [1.807, 2.05) is 18.2 Å². The lowest BCUT2D eigenvalue weighted by Crippen LogP contribution is -2.15. The van der Waals surface area contributed by atoms with E-state index in [1.54, 1.807) is 30.3 Å². The summed E-state index contributed by atoms with van der Waals surface area (Å²) in [7, 11) is -3.71. The minimum absolute atomic E-state index is 0.0560. The Kier molecular flexibility index (Phi) is 3.08. The summed E-state index contributed by atoms with van der Waals surface area (Å²) in [6, 6.07) is 14.1. The highest BCUT2D eigenvalue weighted by Crippen LogP contribution is 2.23. The van der Waals surface area contributed by atoms with Gasteiger partial charge in [-0.2, -0.15) is 0 Å². The van der Waals surface area contributed by atoms with Crippen molar-refractivity contribution in [3.8, 4) is 0 Å².